The molecule has 1 aromatic carbocycles. The highest BCUT2D eigenvalue weighted by Gasteiger charge is 2.04. The summed E-state index contributed by atoms with van der Waals surface area (Å²) >= 11 is 0. The fourth-order valence-corrected chi connectivity index (χ4v) is 2.11. The first-order valence-corrected chi connectivity index (χ1v) is 8.23. The molecule has 2 atom stereocenters. The second kappa shape index (κ2) is 13.7. The van der Waals surface area contributed by atoms with Crippen LogP contribution in [0.2, 0.25) is 0 Å². The zero-order chi connectivity index (χ0) is 17.5. The molecular formula is C21H30O2. The number of hydrogen-bond acceptors (Lipinski definition) is 2. The minimum Gasteiger partial charge on any atom is -0.303 e. The van der Waals surface area contributed by atoms with Crippen LogP contribution >= 0.6 is 0 Å². The number of allylic oxidation sites excluding steroid dienone is 3. The number of carbonyl (C=O) groups excluding carboxylic acids is 2. The summed E-state index contributed by atoms with van der Waals surface area (Å²) in [4.78, 5) is 20.4. The Morgan fingerprint density at radius 2 is 1.70 bits per heavy atom. The Bertz CT molecular complexity index is 470. The molecule has 0 saturated heterocycles. The van der Waals surface area contributed by atoms with Crippen molar-refractivity contribution in [3.8, 4) is 0 Å². The Hall–Kier alpha value is -1.96. The summed E-state index contributed by atoms with van der Waals surface area (Å²) < 4.78 is 0. The maximum Gasteiger partial charge on any atom is 0.120 e. The van der Waals surface area contributed by atoms with Crippen LogP contribution in [0.1, 0.15) is 57.9 Å². The van der Waals surface area contributed by atoms with E-state index in [1.165, 1.54) is 5.57 Å². The van der Waals surface area contributed by atoms with E-state index in [2.05, 4.69) is 33.4 Å². The highest BCUT2D eigenvalue weighted by molar-refractivity contribution is 5.52. The molecule has 0 aliphatic carbocycles. The molecule has 0 fully saturated rings. The molecule has 0 saturated carbocycles. The van der Waals surface area contributed by atoms with Gasteiger partial charge in [-0.05, 0) is 38.2 Å². The molecule has 2 unspecified atom stereocenters. The third-order valence-corrected chi connectivity index (χ3v) is 3.57. The summed E-state index contributed by atoms with van der Waals surface area (Å²) in [5.74, 6) is 0.715. The molecule has 0 aromatic heterocycles. The fraction of sp³-hybridized carbons (Fsp3) is 0.429. The number of benzene rings is 1. The molecule has 2 nitrogen and oxygen atoms in total. The van der Waals surface area contributed by atoms with Crippen molar-refractivity contribution in [2.75, 3.05) is 0 Å². The molecule has 0 spiro atoms. The predicted octanol–water partition coefficient (Wildman–Crippen LogP) is 5.50. The van der Waals surface area contributed by atoms with Crippen molar-refractivity contribution in [3.63, 3.8) is 0 Å². The Kier molecular flexibility index (Phi) is 12.5. The summed E-state index contributed by atoms with van der Waals surface area (Å²) in [5, 5.41) is 0. The van der Waals surface area contributed by atoms with Crippen molar-refractivity contribution in [2.45, 2.75) is 52.4 Å². The van der Waals surface area contributed by atoms with E-state index in [4.69, 9.17) is 0 Å². The van der Waals surface area contributed by atoms with Gasteiger partial charge in [-0.2, -0.15) is 0 Å². The van der Waals surface area contributed by atoms with Crippen LogP contribution in [0.25, 0.3) is 0 Å². The molecule has 1 aromatic rings. The van der Waals surface area contributed by atoms with Gasteiger partial charge in [-0.15, -0.1) is 6.58 Å². The predicted molar refractivity (Wildman–Crippen MR) is 98.6 cm³/mol. The zero-order valence-electron chi connectivity index (χ0n) is 14.7. The van der Waals surface area contributed by atoms with Gasteiger partial charge in [0.15, 0.2) is 0 Å². The standard InChI is InChI=1S/C11H12O.C10H18O/c1-2-10(8-9-12)11-6-4-3-5-7-11;1-9(2)5-4-6-10(3)7-8-11/h2-7,9-10H,1,8H2;5,8,10H,4,6-7H2,1-3H3. The fourth-order valence-electron chi connectivity index (χ4n) is 2.11. The zero-order valence-corrected chi connectivity index (χ0v) is 14.7. The van der Waals surface area contributed by atoms with Gasteiger partial charge < -0.3 is 9.59 Å². The van der Waals surface area contributed by atoms with Crippen LogP contribution in [-0.2, 0) is 9.59 Å². The minimum atomic E-state index is 0.170. The van der Waals surface area contributed by atoms with Crippen LogP contribution in [0.3, 0.4) is 0 Å². The van der Waals surface area contributed by atoms with E-state index in [1.807, 2.05) is 36.4 Å². The van der Waals surface area contributed by atoms with Crippen molar-refractivity contribution in [1.82, 2.24) is 0 Å². The van der Waals surface area contributed by atoms with Gasteiger partial charge in [-0.3, -0.25) is 0 Å². The van der Waals surface area contributed by atoms with E-state index < -0.39 is 0 Å². The SMILES string of the molecule is C=CC(CC=O)c1ccccc1.CC(C)=CCCC(C)CC=O. The molecule has 0 aliphatic rings. The normalized spacial score (nSPS) is 12.1. The molecule has 0 N–H and O–H groups in total. The van der Waals surface area contributed by atoms with Gasteiger partial charge in [0.25, 0.3) is 0 Å². The molecular weight excluding hydrogens is 284 g/mol. The van der Waals surface area contributed by atoms with Crippen molar-refractivity contribution in [1.29, 1.82) is 0 Å². The monoisotopic (exact) mass is 314 g/mol. The average Bonchev–Trinajstić information content (AvgIpc) is 2.54. The van der Waals surface area contributed by atoms with Crippen molar-refractivity contribution < 1.29 is 9.59 Å². The highest BCUT2D eigenvalue weighted by Crippen LogP contribution is 2.18. The lowest BCUT2D eigenvalue weighted by molar-refractivity contribution is -0.109. The number of aldehydes is 2. The van der Waals surface area contributed by atoms with Crippen molar-refractivity contribution in [2.24, 2.45) is 5.92 Å². The number of carbonyl (C=O) groups is 2. The Morgan fingerprint density at radius 3 is 2.17 bits per heavy atom. The van der Waals surface area contributed by atoms with E-state index in [9.17, 15) is 9.59 Å². The van der Waals surface area contributed by atoms with Gasteiger partial charge >= 0.3 is 0 Å². The minimum absolute atomic E-state index is 0.170. The van der Waals surface area contributed by atoms with Crippen LogP contribution in [0.15, 0.2) is 54.6 Å². The summed E-state index contributed by atoms with van der Waals surface area (Å²) in [5.41, 5.74) is 2.52. The molecule has 0 bridgehead atoms. The van der Waals surface area contributed by atoms with E-state index in [0.717, 1.165) is 31.0 Å². The Morgan fingerprint density at radius 1 is 1.09 bits per heavy atom. The second-order valence-corrected chi connectivity index (χ2v) is 6.02. The van der Waals surface area contributed by atoms with Gasteiger partial charge in [0.2, 0.25) is 0 Å². The highest BCUT2D eigenvalue weighted by atomic mass is 16.1. The van der Waals surface area contributed by atoms with Crippen LogP contribution in [0.4, 0.5) is 0 Å². The molecule has 126 valence electrons. The Labute approximate surface area is 141 Å². The molecule has 0 heterocycles. The van der Waals surface area contributed by atoms with Crippen molar-refractivity contribution in [3.05, 3.63) is 60.2 Å². The van der Waals surface area contributed by atoms with Crippen LogP contribution in [-0.4, -0.2) is 12.6 Å². The van der Waals surface area contributed by atoms with E-state index in [-0.39, 0.29) is 5.92 Å². The van der Waals surface area contributed by atoms with Crippen LogP contribution in [0, 0.1) is 5.92 Å². The molecule has 0 aliphatic heterocycles. The van der Waals surface area contributed by atoms with Gasteiger partial charge in [-0.1, -0.05) is 55.0 Å². The summed E-state index contributed by atoms with van der Waals surface area (Å²) in [6.07, 6.45) is 9.43. The molecule has 0 radical (unpaired) electrons. The number of hydrogen-bond donors (Lipinski definition) is 0. The smallest absolute Gasteiger partial charge is 0.120 e. The molecule has 2 heteroatoms. The van der Waals surface area contributed by atoms with Crippen LogP contribution < -0.4 is 0 Å². The Balaban J connectivity index is 0.000000423. The number of rotatable bonds is 9. The first-order valence-electron chi connectivity index (χ1n) is 8.23. The van der Waals surface area contributed by atoms with Gasteiger partial charge in [0.1, 0.15) is 12.6 Å². The van der Waals surface area contributed by atoms with Crippen LogP contribution in [0.5, 0.6) is 0 Å². The third-order valence-electron chi connectivity index (χ3n) is 3.57. The van der Waals surface area contributed by atoms with E-state index in [0.29, 0.717) is 18.8 Å². The van der Waals surface area contributed by atoms with Gasteiger partial charge in [0, 0.05) is 18.8 Å². The first-order chi connectivity index (χ1) is 11.0. The quantitative estimate of drug-likeness (QED) is 0.445. The first kappa shape index (κ1) is 21.0. The summed E-state index contributed by atoms with van der Waals surface area (Å²) in [6.45, 7) is 10.0. The third kappa shape index (κ3) is 11.3. The average molecular weight is 314 g/mol. The molecule has 23 heavy (non-hydrogen) atoms. The lowest BCUT2D eigenvalue weighted by Crippen LogP contribution is -1.94. The lowest BCUT2D eigenvalue weighted by atomic mass is 9.97. The van der Waals surface area contributed by atoms with Crippen molar-refractivity contribution >= 4 is 12.6 Å². The van der Waals surface area contributed by atoms with Gasteiger partial charge in [-0.25, -0.2) is 0 Å². The van der Waals surface area contributed by atoms with E-state index in [1.54, 1.807) is 0 Å². The van der Waals surface area contributed by atoms with E-state index >= 15 is 0 Å². The topological polar surface area (TPSA) is 34.1 Å². The second-order valence-electron chi connectivity index (χ2n) is 6.02. The molecule has 1 rings (SSSR count). The summed E-state index contributed by atoms with van der Waals surface area (Å²) in [7, 11) is 0. The lowest BCUT2D eigenvalue weighted by Gasteiger charge is -2.07. The molecule has 0 amide bonds. The largest absolute Gasteiger partial charge is 0.303 e. The van der Waals surface area contributed by atoms with Gasteiger partial charge in [0.05, 0.1) is 0 Å². The summed E-state index contributed by atoms with van der Waals surface area (Å²) in [6, 6.07) is 9.92. The maximum absolute atomic E-state index is 10.3. The maximum atomic E-state index is 10.3.